The first-order valence-electron chi connectivity index (χ1n) is 2.37. The largest absolute Gasteiger partial charge is 1.00 e. The number of hydrogen-bond donors (Lipinski definition) is 0. The van der Waals surface area contributed by atoms with Crippen LogP contribution < -0.4 is 0 Å². The van der Waals surface area contributed by atoms with Gasteiger partial charge in [-0.1, -0.05) is 26.2 Å². The molecule has 0 aliphatic heterocycles. The molecular formula is C7H11Cu. The van der Waals surface area contributed by atoms with E-state index in [1.54, 1.807) is 0 Å². The minimum Gasteiger partial charge on any atom is -0.338 e. The Morgan fingerprint density at radius 3 is 1.75 bits per heavy atom. The second kappa shape index (κ2) is 3.97. The monoisotopic (exact) mass is 158 g/mol. The molecule has 0 fully saturated rings. The SMILES string of the molecule is [CH-]=C=CC(C)(C)C.[Cu+]. The third-order valence-electron chi connectivity index (χ3n) is 0.516. The van der Waals surface area contributed by atoms with Gasteiger partial charge in [-0.25, -0.2) is 6.58 Å². The Morgan fingerprint density at radius 1 is 1.38 bits per heavy atom. The molecule has 0 saturated carbocycles. The van der Waals surface area contributed by atoms with Gasteiger partial charge >= 0.3 is 17.1 Å². The predicted molar refractivity (Wildman–Crippen MR) is 31.8 cm³/mol. The Morgan fingerprint density at radius 2 is 1.75 bits per heavy atom. The van der Waals surface area contributed by atoms with Crippen molar-refractivity contribution in [2.75, 3.05) is 0 Å². The topological polar surface area (TPSA) is 0 Å². The summed E-state index contributed by atoms with van der Waals surface area (Å²) in [5.41, 5.74) is 2.67. The fourth-order valence-electron chi connectivity index (χ4n) is 0.250. The van der Waals surface area contributed by atoms with Gasteiger partial charge in [0.2, 0.25) is 0 Å². The summed E-state index contributed by atoms with van der Waals surface area (Å²) in [4.78, 5) is 0. The Hall–Kier alpha value is 0.0395. The molecule has 0 nitrogen and oxygen atoms in total. The van der Waals surface area contributed by atoms with Crippen molar-refractivity contribution in [2.45, 2.75) is 20.8 Å². The van der Waals surface area contributed by atoms with E-state index in [-0.39, 0.29) is 22.5 Å². The van der Waals surface area contributed by atoms with Crippen LogP contribution in [0.4, 0.5) is 0 Å². The van der Waals surface area contributed by atoms with Gasteiger partial charge in [-0.2, -0.15) is 6.08 Å². The molecule has 50 valence electrons. The van der Waals surface area contributed by atoms with Crippen molar-refractivity contribution in [3.63, 3.8) is 0 Å². The van der Waals surface area contributed by atoms with Gasteiger partial charge in [-0.05, 0) is 0 Å². The van der Waals surface area contributed by atoms with E-state index in [1.807, 2.05) is 6.08 Å². The molecule has 0 aliphatic carbocycles. The second-order valence-corrected chi connectivity index (χ2v) is 2.68. The first kappa shape index (κ1) is 10.9. The maximum atomic E-state index is 5.01. The maximum Gasteiger partial charge on any atom is 1.00 e. The molecule has 0 aromatic carbocycles. The summed E-state index contributed by atoms with van der Waals surface area (Å²) in [5.74, 6) is 0. The van der Waals surface area contributed by atoms with Crippen LogP contribution >= 0.6 is 0 Å². The van der Waals surface area contributed by atoms with Gasteiger partial charge in [-0.15, -0.1) is 0 Å². The van der Waals surface area contributed by atoms with Crippen LogP contribution in [0.5, 0.6) is 0 Å². The summed E-state index contributed by atoms with van der Waals surface area (Å²) in [5, 5.41) is 0. The third kappa shape index (κ3) is 9.40. The van der Waals surface area contributed by atoms with Crippen molar-refractivity contribution >= 4 is 0 Å². The molecule has 0 saturated heterocycles. The number of hydrogen-bond acceptors (Lipinski definition) is 0. The van der Waals surface area contributed by atoms with Gasteiger partial charge < -0.3 is 5.73 Å². The summed E-state index contributed by atoms with van der Waals surface area (Å²) in [7, 11) is 0. The zero-order chi connectivity index (χ0) is 5.91. The van der Waals surface area contributed by atoms with E-state index in [0.29, 0.717) is 0 Å². The molecule has 0 amide bonds. The van der Waals surface area contributed by atoms with E-state index in [9.17, 15) is 0 Å². The van der Waals surface area contributed by atoms with Gasteiger partial charge in [-0.3, -0.25) is 0 Å². The molecule has 8 heavy (non-hydrogen) atoms. The average Bonchev–Trinajstić information content (AvgIpc) is 1.30. The maximum absolute atomic E-state index is 5.01. The summed E-state index contributed by atoms with van der Waals surface area (Å²) in [6.07, 6.45) is 1.84. The molecule has 0 N–H and O–H groups in total. The van der Waals surface area contributed by atoms with E-state index in [2.05, 4.69) is 26.5 Å². The van der Waals surface area contributed by atoms with Crippen molar-refractivity contribution in [3.8, 4) is 0 Å². The molecule has 0 aliphatic rings. The molecule has 0 bridgehead atoms. The van der Waals surface area contributed by atoms with Gasteiger partial charge in [0.15, 0.2) is 0 Å². The van der Waals surface area contributed by atoms with Crippen molar-refractivity contribution in [3.05, 3.63) is 18.4 Å². The number of allylic oxidation sites excluding steroid dienone is 1. The average molecular weight is 159 g/mol. The molecule has 0 spiro atoms. The Balaban J connectivity index is 0. The normalized spacial score (nSPS) is 8.88. The summed E-state index contributed by atoms with van der Waals surface area (Å²) < 4.78 is 0. The fraction of sp³-hybridized carbons (Fsp3) is 0.571. The molecule has 0 unspecified atom stereocenters. The van der Waals surface area contributed by atoms with Gasteiger partial charge in [0.1, 0.15) is 0 Å². The first-order chi connectivity index (χ1) is 3.06. The molecule has 0 aromatic rings. The second-order valence-electron chi connectivity index (χ2n) is 2.68. The van der Waals surface area contributed by atoms with E-state index >= 15 is 0 Å². The first-order valence-corrected chi connectivity index (χ1v) is 2.37. The van der Waals surface area contributed by atoms with E-state index in [4.69, 9.17) is 6.58 Å². The van der Waals surface area contributed by atoms with Crippen LogP contribution in [0.3, 0.4) is 0 Å². The van der Waals surface area contributed by atoms with Crippen LogP contribution in [0.1, 0.15) is 20.8 Å². The van der Waals surface area contributed by atoms with E-state index < -0.39 is 0 Å². The predicted octanol–water partition coefficient (Wildman–Crippen LogP) is 2.17. The zero-order valence-corrected chi connectivity index (χ0v) is 6.40. The number of rotatable bonds is 0. The molecule has 1 heteroatoms. The van der Waals surface area contributed by atoms with Crippen LogP contribution in [-0.4, -0.2) is 0 Å². The van der Waals surface area contributed by atoms with Crippen LogP contribution in [0, 0.1) is 12.0 Å². The Bertz CT molecular complexity index is 91.4. The molecule has 0 aromatic heterocycles. The van der Waals surface area contributed by atoms with Crippen molar-refractivity contribution in [2.24, 2.45) is 5.41 Å². The molecule has 0 radical (unpaired) electrons. The van der Waals surface area contributed by atoms with Crippen LogP contribution in [0.15, 0.2) is 11.8 Å². The van der Waals surface area contributed by atoms with Crippen molar-refractivity contribution < 1.29 is 17.1 Å². The van der Waals surface area contributed by atoms with Crippen LogP contribution in [-0.2, 0) is 17.1 Å². The summed E-state index contributed by atoms with van der Waals surface area (Å²) >= 11 is 0. The Kier molecular flexibility index (Phi) is 5.42. The fourth-order valence-corrected chi connectivity index (χ4v) is 0.250. The molecule has 0 rings (SSSR count). The van der Waals surface area contributed by atoms with Gasteiger partial charge in [0.05, 0.1) is 0 Å². The quantitative estimate of drug-likeness (QED) is 0.288. The summed E-state index contributed by atoms with van der Waals surface area (Å²) in [6, 6.07) is 0. The zero-order valence-electron chi connectivity index (χ0n) is 5.46. The van der Waals surface area contributed by atoms with E-state index in [1.165, 1.54) is 0 Å². The summed E-state index contributed by atoms with van der Waals surface area (Å²) in [6.45, 7) is 11.2. The molecule has 0 heterocycles. The standard InChI is InChI=1S/C7H11.Cu/c1-5-6-7(2,3)4;/h1,6H,2-4H3;/q-1;+1. The minimum absolute atomic E-state index is 0. The van der Waals surface area contributed by atoms with Crippen molar-refractivity contribution in [1.82, 2.24) is 0 Å². The van der Waals surface area contributed by atoms with E-state index in [0.717, 1.165) is 0 Å². The smallest absolute Gasteiger partial charge is 0.338 e. The van der Waals surface area contributed by atoms with Crippen LogP contribution in [0.2, 0.25) is 0 Å². The van der Waals surface area contributed by atoms with Crippen molar-refractivity contribution in [1.29, 1.82) is 0 Å². The van der Waals surface area contributed by atoms with Crippen LogP contribution in [0.25, 0.3) is 0 Å². The molecular weight excluding hydrogens is 148 g/mol. The Labute approximate surface area is 62.1 Å². The third-order valence-corrected chi connectivity index (χ3v) is 0.516. The van der Waals surface area contributed by atoms with Gasteiger partial charge in [0.25, 0.3) is 0 Å². The minimum atomic E-state index is 0. The molecule has 0 atom stereocenters. The van der Waals surface area contributed by atoms with Gasteiger partial charge in [0, 0.05) is 0 Å².